The van der Waals surface area contributed by atoms with Crippen molar-refractivity contribution >= 4 is 0 Å². The fourth-order valence-electron chi connectivity index (χ4n) is 3.38. The van der Waals surface area contributed by atoms with Crippen LogP contribution in [0.5, 0.6) is 0 Å². The molecule has 3 rings (SSSR count). The second kappa shape index (κ2) is 8.25. The molecule has 0 aromatic heterocycles. The van der Waals surface area contributed by atoms with Crippen molar-refractivity contribution in [2.75, 3.05) is 26.2 Å². The number of hydrogen-bond donors (Lipinski definition) is 1. The van der Waals surface area contributed by atoms with E-state index in [-0.39, 0.29) is 6.10 Å². The quantitative estimate of drug-likeness (QED) is 0.853. The lowest BCUT2D eigenvalue weighted by atomic mass is 10.0. The molecule has 1 heterocycles. The van der Waals surface area contributed by atoms with Gasteiger partial charge in [-0.2, -0.15) is 0 Å². The Morgan fingerprint density at radius 2 is 1.61 bits per heavy atom. The van der Waals surface area contributed by atoms with Crippen LogP contribution in [0, 0.1) is 0 Å². The first-order chi connectivity index (χ1) is 11.4. The van der Waals surface area contributed by atoms with Crippen LogP contribution in [0.15, 0.2) is 60.7 Å². The summed E-state index contributed by atoms with van der Waals surface area (Å²) in [5.74, 6) is 0. The highest BCUT2D eigenvalue weighted by atomic mass is 16.5. The van der Waals surface area contributed by atoms with E-state index in [1.807, 2.05) is 12.1 Å². The SMILES string of the molecule is NCC1CCCN1CCOC(c1ccccc1)c1ccccc1. The van der Waals surface area contributed by atoms with E-state index in [1.165, 1.54) is 24.0 Å². The van der Waals surface area contributed by atoms with Crippen molar-refractivity contribution in [3.8, 4) is 0 Å². The van der Waals surface area contributed by atoms with Gasteiger partial charge in [-0.05, 0) is 30.5 Å². The molecule has 1 atom stereocenters. The lowest BCUT2D eigenvalue weighted by Crippen LogP contribution is -2.37. The maximum atomic E-state index is 6.29. The van der Waals surface area contributed by atoms with Crippen molar-refractivity contribution in [2.24, 2.45) is 5.73 Å². The highest BCUT2D eigenvalue weighted by molar-refractivity contribution is 5.29. The van der Waals surface area contributed by atoms with Crippen LogP contribution < -0.4 is 5.73 Å². The molecule has 0 spiro atoms. The first-order valence-electron chi connectivity index (χ1n) is 8.54. The Labute approximate surface area is 139 Å². The molecule has 2 N–H and O–H groups in total. The Bertz CT molecular complexity index is 533. The molecule has 1 saturated heterocycles. The van der Waals surface area contributed by atoms with E-state index < -0.39 is 0 Å². The van der Waals surface area contributed by atoms with Gasteiger partial charge in [-0.25, -0.2) is 0 Å². The van der Waals surface area contributed by atoms with Gasteiger partial charge < -0.3 is 10.5 Å². The summed E-state index contributed by atoms with van der Waals surface area (Å²) in [6, 6.07) is 21.4. The summed E-state index contributed by atoms with van der Waals surface area (Å²) in [6.07, 6.45) is 2.47. The molecule has 1 fully saturated rings. The van der Waals surface area contributed by atoms with Crippen molar-refractivity contribution in [3.63, 3.8) is 0 Å². The fraction of sp³-hybridized carbons (Fsp3) is 0.400. The van der Waals surface area contributed by atoms with E-state index in [0.717, 1.165) is 26.2 Å². The third kappa shape index (κ3) is 4.20. The summed E-state index contributed by atoms with van der Waals surface area (Å²) in [4.78, 5) is 2.47. The summed E-state index contributed by atoms with van der Waals surface area (Å²) in [7, 11) is 0. The van der Waals surface area contributed by atoms with Crippen molar-refractivity contribution in [1.29, 1.82) is 0 Å². The first-order valence-corrected chi connectivity index (χ1v) is 8.54. The lowest BCUT2D eigenvalue weighted by molar-refractivity contribution is 0.0578. The molecule has 0 aliphatic carbocycles. The number of nitrogens with two attached hydrogens (primary N) is 1. The molecule has 23 heavy (non-hydrogen) atoms. The summed E-state index contributed by atoms with van der Waals surface area (Å²) in [6.45, 7) is 3.58. The Balaban J connectivity index is 1.65. The number of rotatable bonds is 7. The maximum absolute atomic E-state index is 6.29. The molecule has 2 aromatic rings. The van der Waals surface area contributed by atoms with Crippen LogP contribution >= 0.6 is 0 Å². The molecule has 1 aliphatic heterocycles. The maximum Gasteiger partial charge on any atom is 0.108 e. The van der Waals surface area contributed by atoms with Crippen molar-refractivity contribution in [3.05, 3.63) is 71.8 Å². The smallest absolute Gasteiger partial charge is 0.108 e. The number of nitrogens with zero attached hydrogens (tertiary/aromatic N) is 1. The average Bonchev–Trinajstić information content (AvgIpc) is 3.08. The Kier molecular flexibility index (Phi) is 5.81. The third-order valence-corrected chi connectivity index (χ3v) is 4.64. The van der Waals surface area contributed by atoms with Crippen LogP contribution in [0.2, 0.25) is 0 Å². The van der Waals surface area contributed by atoms with E-state index in [2.05, 4.69) is 53.4 Å². The molecule has 0 saturated carbocycles. The minimum atomic E-state index is -0.00340. The van der Waals surface area contributed by atoms with Crippen LogP contribution in [-0.2, 0) is 4.74 Å². The molecule has 0 amide bonds. The third-order valence-electron chi connectivity index (χ3n) is 4.64. The van der Waals surface area contributed by atoms with E-state index in [4.69, 9.17) is 10.5 Å². The zero-order valence-electron chi connectivity index (χ0n) is 13.6. The Morgan fingerprint density at radius 1 is 1.00 bits per heavy atom. The van der Waals surface area contributed by atoms with Crippen molar-refractivity contribution < 1.29 is 4.74 Å². The second-order valence-corrected chi connectivity index (χ2v) is 6.14. The molecule has 1 unspecified atom stereocenters. The molecule has 0 radical (unpaired) electrons. The minimum Gasteiger partial charge on any atom is -0.367 e. The average molecular weight is 310 g/mol. The van der Waals surface area contributed by atoms with Crippen LogP contribution in [0.25, 0.3) is 0 Å². The normalized spacial score (nSPS) is 18.6. The summed E-state index contributed by atoms with van der Waals surface area (Å²) < 4.78 is 6.29. The molecule has 0 bridgehead atoms. The predicted octanol–water partition coefficient (Wildman–Crippen LogP) is 3.22. The predicted molar refractivity (Wildman–Crippen MR) is 94.3 cm³/mol. The van der Waals surface area contributed by atoms with Gasteiger partial charge in [0.05, 0.1) is 6.61 Å². The fourth-order valence-corrected chi connectivity index (χ4v) is 3.38. The monoisotopic (exact) mass is 310 g/mol. The van der Waals surface area contributed by atoms with Crippen LogP contribution in [0.4, 0.5) is 0 Å². The molecule has 3 nitrogen and oxygen atoms in total. The summed E-state index contributed by atoms with van der Waals surface area (Å²) in [5.41, 5.74) is 8.26. The van der Waals surface area contributed by atoms with Gasteiger partial charge in [-0.3, -0.25) is 4.90 Å². The van der Waals surface area contributed by atoms with Gasteiger partial charge in [0.15, 0.2) is 0 Å². The first kappa shape index (κ1) is 16.2. The van der Waals surface area contributed by atoms with Gasteiger partial charge in [0.25, 0.3) is 0 Å². The number of likely N-dealkylation sites (tertiary alicyclic amines) is 1. The van der Waals surface area contributed by atoms with E-state index in [9.17, 15) is 0 Å². The summed E-state index contributed by atoms with van der Waals surface area (Å²) >= 11 is 0. The van der Waals surface area contributed by atoms with Crippen molar-refractivity contribution in [1.82, 2.24) is 4.90 Å². The topological polar surface area (TPSA) is 38.5 Å². The van der Waals surface area contributed by atoms with Crippen LogP contribution in [0.3, 0.4) is 0 Å². The molecule has 122 valence electrons. The second-order valence-electron chi connectivity index (χ2n) is 6.14. The van der Waals surface area contributed by atoms with E-state index in [1.54, 1.807) is 0 Å². The van der Waals surface area contributed by atoms with Gasteiger partial charge in [0, 0.05) is 19.1 Å². The van der Waals surface area contributed by atoms with Crippen molar-refractivity contribution in [2.45, 2.75) is 25.0 Å². The Hall–Kier alpha value is -1.68. The van der Waals surface area contributed by atoms with E-state index >= 15 is 0 Å². The highest BCUT2D eigenvalue weighted by Gasteiger charge is 2.23. The molecular weight excluding hydrogens is 284 g/mol. The number of benzene rings is 2. The van der Waals surface area contributed by atoms with Gasteiger partial charge in [-0.15, -0.1) is 0 Å². The van der Waals surface area contributed by atoms with Gasteiger partial charge in [-0.1, -0.05) is 60.7 Å². The van der Waals surface area contributed by atoms with Crippen LogP contribution in [0.1, 0.15) is 30.1 Å². The lowest BCUT2D eigenvalue weighted by Gasteiger charge is -2.25. The molecule has 2 aromatic carbocycles. The molecular formula is C20H26N2O. The van der Waals surface area contributed by atoms with Gasteiger partial charge >= 0.3 is 0 Å². The number of ether oxygens (including phenoxy) is 1. The van der Waals surface area contributed by atoms with Gasteiger partial charge in [0.1, 0.15) is 6.10 Å². The van der Waals surface area contributed by atoms with E-state index in [0.29, 0.717) is 6.04 Å². The van der Waals surface area contributed by atoms with Gasteiger partial charge in [0.2, 0.25) is 0 Å². The number of hydrogen-bond acceptors (Lipinski definition) is 3. The highest BCUT2D eigenvalue weighted by Crippen LogP contribution is 2.26. The minimum absolute atomic E-state index is 0.00340. The Morgan fingerprint density at radius 3 is 2.17 bits per heavy atom. The zero-order chi connectivity index (χ0) is 15.9. The molecule has 3 heteroatoms. The zero-order valence-corrected chi connectivity index (χ0v) is 13.6. The summed E-state index contributed by atoms with van der Waals surface area (Å²) in [5, 5.41) is 0. The largest absolute Gasteiger partial charge is 0.367 e. The molecule has 1 aliphatic rings. The standard InChI is InChI=1S/C20H26N2O/c21-16-19-12-7-13-22(19)14-15-23-20(17-8-3-1-4-9-17)18-10-5-2-6-11-18/h1-6,8-11,19-20H,7,12-16,21H2. The van der Waals surface area contributed by atoms with Crippen LogP contribution in [-0.4, -0.2) is 37.2 Å².